The highest BCUT2D eigenvalue weighted by molar-refractivity contribution is 9.10. The van der Waals surface area contributed by atoms with Crippen LogP contribution < -0.4 is 0 Å². The first-order chi connectivity index (χ1) is 6.91. The van der Waals surface area contributed by atoms with E-state index in [0.717, 1.165) is 22.3 Å². The summed E-state index contributed by atoms with van der Waals surface area (Å²) in [5.41, 5.74) is 2.05. The number of nitrogens with zero attached hydrogens (tertiary/aromatic N) is 2. The van der Waals surface area contributed by atoms with Crippen LogP contribution in [0.25, 0.3) is 0 Å². The van der Waals surface area contributed by atoms with Gasteiger partial charge in [-0.3, -0.25) is 4.68 Å². The van der Waals surface area contributed by atoms with Gasteiger partial charge in [0.2, 0.25) is 0 Å². The predicted octanol–water partition coefficient (Wildman–Crippen LogP) is 2.44. The van der Waals surface area contributed by atoms with Crippen molar-refractivity contribution in [3.63, 3.8) is 0 Å². The van der Waals surface area contributed by atoms with Crippen molar-refractivity contribution in [2.45, 2.75) is 39.7 Å². The van der Waals surface area contributed by atoms with Crippen molar-refractivity contribution >= 4 is 15.9 Å². The molecule has 86 valence electrons. The summed E-state index contributed by atoms with van der Waals surface area (Å²) < 4.78 is 2.86. The molecule has 0 spiro atoms. The monoisotopic (exact) mass is 274 g/mol. The second-order valence-corrected chi connectivity index (χ2v) is 5.25. The predicted molar refractivity (Wildman–Crippen MR) is 64.8 cm³/mol. The number of aromatic nitrogens is 2. The van der Waals surface area contributed by atoms with Gasteiger partial charge in [-0.25, -0.2) is 0 Å². The van der Waals surface area contributed by atoms with Gasteiger partial charge < -0.3 is 5.11 Å². The van der Waals surface area contributed by atoms with E-state index >= 15 is 0 Å². The number of rotatable bonds is 4. The molecule has 15 heavy (non-hydrogen) atoms. The average molecular weight is 275 g/mol. The number of aryl methyl sites for hydroxylation is 2. The van der Waals surface area contributed by atoms with Gasteiger partial charge >= 0.3 is 0 Å². The highest BCUT2D eigenvalue weighted by atomic mass is 79.9. The van der Waals surface area contributed by atoms with Gasteiger partial charge in [-0.2, -0.15) is 5.10 Å². The quantitative estimate of drug-likeness (QED) is 0.916. The fourth-order valence-corrected chi connectivity index (χ4v) is 2.25. The molecular formula is C11H19BrN2O. The van der Waals surface area contributed by atoms with Crippen molar-refractivity contribution in [1.82, 2.24) is 9.78 Å². The first-order valence-corrected chi connectivity index (χ1v) is 6.07. The van der Waals surface area contributed by atoms with Gasteiger partial charge in [-0.15, -0.1) is 0 Å². The van der Waals surface area contributed by atoms with Crippen LogP contribution in [0, 0.1) is 12.8 Å². The molecule has 3 nitrogen and oxygen atoms in total. The second kappa shape index (κ2) is 5.12. The minimum absolute atomic E-state index is 0.281. The fourth-order valence-electron chi connectivity index (χ4n) is 1.75. The van der Waals surface area contributed by atoms with E-state index in [1.165, 1.54) is 0 Å². The lowest BCUT2D eigenvalue weighted by Crippen LogP contribution is -2.15. The van der Waals surface area contributed by atoms with Gasteiger partial charge in [-0.1, -0.05) is 13.8 Å². The number of halogens is 1. The third-order valence-corrected chi connectivity index (χ3v) is 3.47. The summed E-state index contributed by atoms with van der Waals surface area (Å²) in [7, 11) is 1.91. The molecule has 1 aromatic rings. The van der Waals surface area contributed by atoms with Crippen LogP contribution in [0.4, 0.5) is 0 Å². The maximum Gasteiger partial charge on any atom is 0.0738 e. The van der Waals surface area contributed by atoms with E-state index < -0.39 is 0 Å². The van der Waals surface area contributed by atoms with E-state index in [1.54, 1.807) is 0 Å². The van der Waals surface area contributed by atoms with E-state index in [2.05, 4.69) is 34.9 Å². The molecule has 0 aliphatic carbocycles. The molecule has 0 bridgehead atoms. The molecule has 0 saturated heterocycles. The zero-order chi connectivity index (χ0) is 11.6. The Morgan fingerprint density at radius 1 is 1.47 bits per heavy atom. The van der Waals surface area contributed by atoms with Crippen molar-refractivity contribution in [2.75, 3.05) is 0 Å². The molecule has 0 amide bonds. The lowest BCUT2D eigenvalue weighted by Gasteiger charge is -2.13. The Bertz CT molecular complexity index is 334. The Kier molecular flexibility index (Phi) is 4.34. The SMILES string of the molecule is Cc1nn(C)c(CC(O)CC(C)C)c1Br. The van der Waals surface area contributed by atoms with Crippen molar-refractivity contribution in [3.8, 4) is 0 Å². The van der Waals surface area contributed by atoms with Gasteiger partial charge in [0.15, 0.2) is 0 Å². The zero-order valence-electron chi connectivity index (χ0n) is 9.79. The summed E-state index contributed by atoms with van der Waals surface area (Å²) in [6.45, 7) is 6.20. The molecule has 0 saturated carbocycles. The molecule has 0 aromatic carbocycles. The number of hydrogen-bond acceptors (Lipinski definition) is 2. The minimum atomic E-state index is -0.281. The Hall–Kier alpha value is -0.350. The smallest absolute Gasteiger partial charge is 0.0738 e. The van der Waals surface area contributed by atoms with Gasteiger partial charge in [0.1, 0.15) is 0 Å². The maximum atomic E-state index is 9.87. The van der Waals surface area contributed by atoms with Crippen molar-refractivity contribution in [3.05, 3.63) is 15.9 Å². The second-order valence-electron chi connectivity index (χ2n) is 4.46. The topological polar surface area (TPSA) is 38.0 Å². The molecule has 1 heterocycles. The van der Waals surface area contributed by atoms with E-state index in [4.69, 9.17) is 0 Å². The van der Waals surface area contributed by atoms with E-state index in [9.17, 15) is 5.11 Å². The van der Waals surface area contributed by atoms with E-state index in [0.29, 0.717) is 12.3 Å². The van der Waals surface area contributed by atoms with Gasteiger partial charge in [0, 0.05) is 13.5 Å². The number of hydrogen-bond donors (Lipinski definition) is 1. The lowest BCUT2D eigenvalue weighted by atomic mass is 10.0. The molecule has 1 rings (SSSR count). The molecular weight excluding hydrogens is 256 g/mol. The largest absolute Gasteiger partial charge is 0.393 e. The maximum absolute atomic E-state index is 9.87. The van der Waals surface area contributed by atoms with Gasteiger partial charge in [-0.05, 0) is 35.2 Å². The minimum Gasteiger partial charge on any atom is -0.393 e. The first kappa shape index (κ1) is 12.7. The fraction of sp³-hybridized carbons (Fsp3) is 0.727. The first-order valence-electron chi connectivity index (χ1n) is 5.27. The van der Waals surface area contributed by atoms with Crippen LogP contribution in [0.2, 0.25) is 0 Å². The molecule has 1 unspecified atom stereocenters. The molecule has 1 atom stereocenters. The van der Waals surface area contributed by atoms with Crippen molar-refractivity contribution in [1.29, 1.82) is 0 Å². The standard InChI is InChI=1S/C11H19BrN2O/c1-7(2)5-9(15)6-10-11(12)8(3)13-14(10)4/h7,9,15H,5-6H2,1-4H3. The van der Waals surface area contributed by atoms with Crippen LogP contribution in [-0.4, -0.2) is 21.0 Å². The summed E-state index contributed by atoms with van der Waals surface area (Å²) >= 11 is 3.50. The van der Waals surface area contributed by atoms with Crippen LogP contribution in [0.5, 0.6) is 0 Å². The number of aliphatic hydroxyl groups excluding tert-OH is 1. The molecule has 0 aliphatic rings. The van der Waals surface area contributed by atoms with Gasteiger partial charge in [0.25, 0.3) is 0 Å². The third-order valence-electron chi connectivity index (χ3n) is 2.43. The van der Waals surface area contributed by atoms with E-state index in [1.807, 2.05) is 18.7 Å². The molecule has 4 heteroatoms. The van der Waals surface area contributed by atoms with Crippen LogP contribution in [-0.2, 0) is 13.5 Å². The Balaban J connectivity index is 2.71. The zero-order valence-corrected chi connectivity index (χ0v) is 11.4. The summed E-state index contributed by atoms with van der Waals surface area (Å²) in [5.74, 6) is 0.521. The van der Waals surface area contributed by atoms with Crippen molar-refractivity contribution in [2.24, 2.45) is 13.0 Å². The lowest BCUT2D eigenvalue weighted by molar-refractivity contribution is 0.146. The number of aliphatic hydroxyl groups is 1. The molecule has 1 aromatic heterocycles. The summed E-state index contributed by atoms with van der Waals surface area (Å²) in [4.78, 5) is 0. The van der Waals surface area contributed by atoms with Crippen LogP contribution >= 0.6 is 15.9 Å². The molecule has 1 N–H and O–H groups in total. The average Bonchev–Trinajstić information content (AvgIpc) is 2.31. The van der Waals surface area contributed by atoms with Gasteiger partial charge in [0.05, 0.1) is 22.0 Å². The summed E-state index contributed by atoms with van der Waals surface area (Å²) in [5, 5.41) is 14.2. The molecule has 0 fully saturated rings. The Morgan fingerprint density at radius 2 is 2.07 bits per heavy atom. The summed E-state index contributed by atoms with van der Waals surface area (Å²) in [6, 6.07) is 0. The molecule has 0 radical (unpaired) electrons. The molecule has 0 aliphatic heterocycles. The Morgan fingerprint density at radius 3 is 2.47 bits per heavy atom. The van der Waals surface area contributed by atoms with E-state index in [-0.39, 0.29) is 6.10 Å². The highest BCUT2D eigenvalue weighted by Gasteiger charge is 2.15. The summed E-state index contributed by atoms with van der Waals surface area (Å²) in [6.07, 6.45) is 1.21. The highest BCUT2D eigenvalue weighted by Crippen LogP contribution is 2.22. The third kappa shape index (κ3) is 3.31. The van der Waals surface area contributed by atoms with Crippen LogP contribution in [0.3, 0.4) is 0 Å². The van der Waals surface area contributed by atoms with Crippen molar-refractivity contribution < 1.29 is 5.11 Å². The van der Waals surface area contributed by atoms with Crippen LogP contribution in [0.1, 0.15) is 31.7 Å². The Labute approximate surface area is 99.6 Å². The van der Waals surface area contributed by atoms with Crippen LogP contribution in [0.15, 0.2) is 4.47 Å². The normalized spacial score (nSPS) is 13.5.